The van der Waals surface area contributed by atoms with Crippen LogP contribution in [0.3, 0.4) is 0 Å². The quantitative estimate of drug-likeness (QED) is 0.774. The maximum absolute atomic E-state index is 11.7. The highest BCUT2D eigenvalue weighted by Gasteiger charge is 2.07. The van der Waals surface area contributed by atoms with Crippen LogP contribution in [0.5, 0.6) is 0 Å². The molecule has 1 aromatic heterocycles. The van der Waals surface area contributed by atoms with Crippen molar-refractivity contribution < 1.29 is 4.79 Å². The summed E-state index contributed by atoms with van der Waals surface area (Å²) in [5.74, 6) is -0.128. The van der Waals surface area contributed by atoms with Crippen molar-refractivity contribution in [1.82, 2.24) is 10.3 Å². The summed E-state index contributed by atoms with van der Waals surface area (Å²) in [4.78, 5) is 25.6. The van der Waals surface area contributed by atoms with Crippen molar-refractivity contribution in [2.75, 3.05) is 0 Å². The van der Waals surface area contributed by atoms with Crippen LogP contribution >= 0.6 is 0 Å². The average Bonchev–Trinajstić information content (AvgIpc) is 2.14. The third kappa shape index (κ3) is 2.94. The van der Waals surface area contributed by atoms with Crippen molar-refractivity contribution in [3.05, 3.63) is 33.2 Å². The van der Waals surface area contributed by atoms with Crippen molar-refractivity contribution in [2.45, 2.75) is 33.7 Å². The molecule has 82 valence electrons. The molecule has 0 unspecified atom stereocenters. The van der Waals surface area contributed by atoms with Gasteiger partial charge in [-0.3, -0.25) is 9.59 Å². The van der Waals surface area contributed by atoms with Crippen LogP contribution in [0, 0.1) is 6.92 Å². The molecule has 1 aromatic rings. The van der Waals surface area contributed by atoms with Crippen LogP contribution in [0.4, 0.5) is 0 Å². The number of aromatic amines is 1. The van der Waals surface area contributed by atoms with E-state index in [9.17, 15) is 9.59 Å². The molecule has 0 aliphatic carbocycles. The number of hydrogen-bond acceptors (Lipinski definition) is 2. The van der Waals surface area contributed by atoms with Crippen LogP contribution < -0.4 is 10.7 Å². The van der Waals surface area contributed by atoms with Crippen LogP contribution in [0.15, 0.2) is 10.9 Å². The van der Waals surface area contributed by atoms with Crippen molar-refractivity contribution in [2.24, 2.45) is 0 Å². The van der Waals surface area contributed by atoms with Gasteiger partial charge in [0.2, 0.25) is 5.91 Å². The molecule has 1 rings (SSSR count). The molecule has 0 atom stereocenters. The monoisotopic (exact) mass is 208 g/mol. The Morgan fingerprint density at radius 2 is 2.20 bits per heavy atom. The number of aryl methyl sites for hydroxylation is 2. The fourth-order valence-electron chi connectivity index (χ4n) is 1.49. The zero-order valence-corrected chi connectivity index (χ0v) is 9.31. The minimum absolute atomic E-state index is 0.0168. The van der Waals surface area contributed by atoms with E-state index in [4.69, 9.17) is 0 Å². The molecule has 1 heterocycles. The molecule has 0 aromatic carbocycles. The number of carbonyl (C=O) groups excluding carboxylic acids is 1. The number of aromatic nitrogens is 1. The van der Waals surface area contributed by atoms with Crippen molar-refractivity contribution in [3.8, 4) is 0 Å². The van der Waals surface area contributed by atoms with Gasteiger partial charge in [0.1, 0.15) is 0 Å². The first-order valence-corrected chi connectivity index (χ1v) is 5.00. The summed E-state index contributed by atoms with van der Waals surface area (Å²) in [7, 11) is 0. The maximum Gasteiger partial charge on any atom is 0.217 e. The number of hydrogen-bond donors (Lipinski definition) is 2. The summed E-state index contributed by atoms with van der Waals surface area (Å²) < 4.78 is 0. The third-order valence-corrected chi connectivity index (χ3v) is 2.23. The first kappa shape index (κ1) is 11.5. The van der Waals surface area contributed by atoms with Crippen LogP contribution in [0.2, 0.25) is 0 Å². The van der Waals surface area contributed by atoms with E-state index in [1.807, 2.05) is 13.8 Å². The van der Waals surface area contributed by atoms with Gasteiger partial charge in [0.15, 0.2) is 5.43 Å². The Labute approximate surface area is 88.7 Å². The molecule has 15 heavy (non-hydrogen) atoms. The molecular weight excluding hydrogens is 192 g/mol. The van der Waals surface area contributed by atoms with E-state index >= 15 is 0 Å². The smallest absolute Gasteiger partial charge is 0.217 e. The third-order valence-electron chi connectivity index (χ3n) is 2.23. The van der Waals surface area contributed by atoms with Gasteiger partial charge in [0.25, 0.3) is 0 Å². The standard InChI is InChI=1S/C11H16N2O2/c1-4-10-9(6-12-8(3)14)11(15)5-7(2)13-10/h5H,4,6H2,1-3H3,(H,12,14)(H,13,15). The topological polar surface area (TPSA) is 62.0 Å². The lowest BCUT2D eigenvalue weighted by Gasteiger charge is -2.08. The van der Waals surface area contributed by atoms with Crippen molar-refractivity contribution >= 4 is 5.91 Å². The SMILES string of the molecule is CCc1[nH]c(C)cc(=O)c1CNC(C)=O. The first-order valence-electron chi connectivity index (χ1n) is 5.00. The molecule has 0 spiro atoms. The van der Waals surface area contributed by atoms with E-state index < -0.39 is 0 Å². The van der Waals surface area contributed by atoms with Crippen molar-refractivity contribution in [1.29, 1.82) is 0 Å². The van der Waals surface area contributed by atoms with Gasteiger partial charge in [-0.05, 0) is 13.3 Å². The molecule has 0 saturated heterocycles. The van der Waals surface area contributed by atoms with Crippen LogP contribution in [-0.4, -0.2) is 10.9 Å². The molecule has 0 radical (unpaired) electrons. The van der Waals surface area contributed by atoms with E-state index in [0.717, 1.165) is 17.8 Å². The number of nitrogens with one attached hydrogen (secondary N) is 2. The Balaban J connectivity index is 3.04. The summed E-state index contributed by atoms with van der Waals surface area (Å²) in [5, 5.41) is 2.64. The minimum atomic E-state index is -0.128. The van der Waals surface area contributed by atoms with Gasteiger partial charge in [-0.25, -0.2) is 0 Å². The van der Waals surface area contributed by atoms with E-state index in [2.05, 4.69) is 10.3 Å². The van der Waals surface area contributed by atoms with E-state index in [0.29, 0.717) is 12.1 Å². The van der Waals surface area contributed by atoms with Crippen LogP contribution in [-0.2, 0) is 17.8 Å². The molecule has 4 nitrogen and oxygen atoms in total. The van der Waals surface area contributed by atoms with E-state index in [-0.39, 0.29) is 11.3 Å². The molecule has 0 aliphatic heterocycles. The number of amides is 1. The summed E-state index contributed by atoms with van der Waals surface area (Å²) in [5.41, 5.74) is 2.38. The second-order valence-electron chi connectivity index (χ2n) is 3.54. The fraction of sp³-hybridized carbons (Fsp3) is 0.455. The Hall–Kier alpha value is -1.58. The summed E-state index contributed by atoms with van der Waals surface area (Å²) >= 11 is 0. The van der Waals surface area contributed by atoms with Gasteiger partial charge >= 0.3 is 0 Å². The van der Waals surface area contributed by atoms with Gasteiger partial charge in [0.05, 0.1) is 0 Å². The van der Waals surface area contributed by atoms with Gasteiger partial charge in [-0.2, -0.15) is 0 Å². The Bertz CT molecular complexity index is 421. The molecule has 0 bridgehead atoms. The van der Waals surface area contributed by atoms with Gasteiger partial charge in [0, 0.05) is 36.5 Å². The Kier molecular flexibility index (Phi) is 3.66. The zero-order valence-electron chi connectivity index (χ0n) is 9.31. The second kappa shape index (κ2) is 4.77. The predicted molar refractivity (Wildman–Crippen MR) is 58.7 cm³/mol. The molecule has 4 heteroatoms. The lowest BCUT2D eigenvalue weighted by Crippen LogP contribution is -2.25. The summed E-state index contributed by atoms with van der Waals surface area (Å²) in [6.07, 6.45) is 0.756. The first-order chi connectivity index (χ1) is 7.04. The lowest BCUT2D eigenvalue weighted by atomic mass is 10.1. The lowest BCUT2D eigenvalue weighted by molar-refractivity contribution is -0.119. The van der Waals surface area contributed by atoms with Crippen LogP contribution in [0.25, 0.3) is 0 Å². The number of rotatable bonds is 3. The number of carbonyl (C=O) groups is 1. The molecule has 1 amide bonds. The highest BCUT2D eigenvalue weighted by molar-refractivity contribution is 5.72. The van der Waals surface area contributed by atoms with E-state index in [1.165, 1.54) is 6.92 Å². The molecular formula is C11H16N2O2. The predicted octanol–water partition coefficient (Wildman–Crippen LogP) is 0.882. The molecule has 0 aliphatic rings. The maximum atomic E-state index is 11.7. The average molecular weight is 208 g/mol. The number of pyridine rings is 1. The fourth-order valence-corrected chi connectivity index (χ4v) is 1.49. The number of H-pyrrole nitrogens is 1. The summed E-state index contributed by atoms with van der Waals surface area (Å²) in [6.45, 7) is 5.56. The van der Waals surface area contributed by atoms with Gasteiger partial charge < -0.3 is 10.3 Å². The Morgan fingerprint density at radius 3 is 2.73 bits per heavy atom. The second-order valence-corrected chi connectivity index (χ2v) is 3.54. The molecule has 0 saturated carbocycles. The summed E-state index contributed by atoms with van der Waals surface area (Å²) in [6, 6.07) is 1.55. The molecule has 2 N–H and O–H groups in total. The highest BCUT2D eigenvalue weighted by Crippen LogP contribution is 2.03. The van der Waals surface area contributed by atoms with Crippen LogP contribution in [0.1, 0.15) is 30.8 Å². The largest absolute Gasteiger partial charge is 0.362 e. The highest BCUT2D eigenvalue weighted by atomic mass is 16.1. The van der Waals surface area contributed by atoms with E-state index in [1.54, 1.807) is 6.07 Å². The molecule has 0 fully saturated rings. The zero-order chi connectivity index (χ0) is 11.4. The minimum Gasteiger partial charge on any atom is -0.362 e. The van der Waals surface area contributed by atoms with Gasteiger partial charge in [-0.1, -0.05) is 6.92 Å². The van der Waals surface area contributed by atoms with Crippen molar-refractivity contribution in [3.63, 3.8) is 0 Å². The Morgan fingerprint density at radius 1 is 1.53 bits per heavy atom. The van der Waals surface area contributed by atoms with Gasteiger partial charge in [-0.15, -0.1) is 0 Å². The normalized spacial score (nSPS) is 10.1.